The number of amides is 2. The summed E-state index contributed by atoms with van der Waals surface area (Å²) in [5.74, 6) is -1.01. The zero-order chi connectivity index (χ0) is 15.2. The number of carboxylic acid groups (broad SMARTS) is 1. The van der Waals surface area contributed by atoms with Crippen molar-refractivity contribution < 1.29 is 19.4 Å². The molecule has 0 spiro atoms. The quantitative estimate of drug-likeness (QED) is 0.781. The van der Waals surface area contributed by atoms with Crippen LogP contribution in [0.1, 0.15) is 46.5 Å². The molecular weight excluding hydrogens is 260 g/mol. The Kier molecular flexibility index (Phi) is 6.26. The SMILES string of the molecule is CCCOC1CCCN(C(=O)NC(C)(CC)C(=O)O)C1. The van der Waals surface area contributed by atoms with Crippen LogP contribution in [0.3, 0.4) is 0 Å². The molecule has 1 rings (SSSR count). The minimum absolute atomic E-state index is 0.0622. The number of ether oxygens (including phenoxy) is 1. The third-order valence-corrected chi connectivity index (χ3v) is 3.78. The maximum atomic E-state index is 12.2. The predicted molar refractivity (Wildman–Crippen MR) is 75.7 cm³/mol. The number of nitrogens with zero attached hydrogens (tertiary/aromatic N) is 1. The second kappa shape index (κ2) is 7.47. The van der Waals surface area contributed by atoms with Gasteiger partial charge in [-0.25, -0.2) is 9.59 Å². The highest BCUT2D eigenvalue weighted by atomic mass is 16.5. The number of aliphatic carboxylic acids is 1. The number of carbonyl (C=O) groups excluding carboxylic acids is 1. The molecule has 6 nitrogen and oxygen atoms in total. The number of piperidine rings is 1. The topological polar surface area (TPSA) is 78.9 Å². The molecular formula is C14H26N2O4. The van der Waals surface area contributed by atoms with Gasteiger partial charge >= 0.3 is 12.0 Å². The summed E-state index contributed by atoms with van der Waals surface area (Å²) in [6, 6.07) is -0.318. The van der Waals surface area contributed by atoms with Crippen LogP contribution in [0.5, 0.6) is 0 Å². The predicted octanol–water partition coefficient (Wildman–Crippen LogP) is 1.84. The molecule has 0 saturated carbocycles. The van der Waals surface area contributed by atoms with E-state index in [2.05, 4.69) is 5.32 Å². The van der Waals surface area contributed by atoms with E-state index in [1.807, 2.05) is 6.92 Å². The average Bonchev–Trinajstić information content (AvgIpc) is 2.45. The molecule has 116 valence electrons. The summed E-state index contributed by atoms with van der Waals surface area (Å²) < 4.78 is 5.68. The van der Waals surface area contributed by atoms with E-state index in [4.69, 9.17) is 4.74 Å². The van der Waals surface area contributed by atoms with Gasteiger partial charge in [0.25, 0.3) is 0 Å². The minimum atomic E-state index is -1.21. The van der Waals surface area contributed by atoms with E-state index in [0.29, 0.717) is 26.1 Å². The molecule has 2 unspecified atom stereocenters. The highest BCUT2D eigenvalue weighted by Gasteiger charge is 2.35. The van der Waals surface area contributed by atoms with E-state index in [0.717, 1.165) is 19.3 Å². The lowest BCUT2D eigenvalue weighted by Crippen LogP contribution is -2.57. The Morgan fingerprint density at radius 1 is 1.45 bits per heavy atom. The van der Waals surface area contributed by atoms with Crippen molar-refractivity contribution in [2.24, 2.45) is 0 Å². The number of carboxylic acids is 1. The van der Waals surface area contributed by atoms with Gasteiger partial charge in [-0.2, -0.15) is 0 Å². The van der Waals surface area contributed by atoms with Crippen LogP contribution in [-0.4, -0.2) is 53.3 Å². The summed E-state index contributed by atoms with van der Waals surface area (Å²) in [7, 11) is 0. The zero-order valence-electron chi connectivity index (χ0n) is 12.6. The van der Waals surface area contributed by atoms with Crippen molar-refractivity contribution in [1.82, 2.24) is 10.2 Å². The first kappa shape index (κ1) is 16.8. The average molecular weight is 286 g/mol. The van der Waals surface area contributed by atoms with Crippen LogP contribution in [0.2, 0.25) is 0 Å². The van der Waals surface area contributed by atoms with Crippen molar-refractivity contribution in [1.29, 1.82) is 0 Å². The monoisotopic (exact) mass is 286 g/mol. The van der Waals surface area contributed by atoms with Crippen LogP contribution in [0.25, 0.3) is 0 Å². The van der Waals surface area contributed by atoms with Gasteiger partial charge in [0, 0.05) is 19.7 Å². The van der Waals surface area contributed by atoms with Crippen LogP contribution in [-0.2, 0) is 9.53 Å². The van der Waals surface area contributed by atoms with Crippen LogP contribution >= 0.6 is 0 Å². The van der Waals surface area contributed by atoms with Gasteiger partial charge in [-0.1, -0.05) is 13.8 Å². The summed E-state index contributed by atoms with van der Waals surface area (Å²) in [4.78, 5) is 25.1. The van der Waals surface area contributed by atoms with E-state index in [1.54, 1.807) is 11.8 Å². The standard InChI is InChI=1S/C14H26N2O4/c1-4-9-20-11-7-6-8-16(10-11)13(19)15-14(3,5-2)12(17)18/h11H,4-10H2,1-3H3,(H,15,19)(H,17,18). The third-order valence-electron chi connectivity index (χ3n) is 3.78. The summed E-state index contributed by atoms with van der Waals surface area (Å²) in [5, 5.41) is 11.8. The number of likely N-dealkylation sites (tertiary alicyclic amines) is 1. The maximum absolute atomic E-state index is 12.2. The molecule has 0 aromatic rings. The van der Waals surface area contributed by atoms with Gasteiger partial charge in [0.05, 0.1) is 6.10 Å². The molecule has 1 saturated heterocycles. The van der Waals surface area contributed by atoms with Gasteiger partial charge in [-0.3, -0.25) is 0 Å². The zero-order valence-corrected chi connectivity index (χ0v) is 12.6. The Bertz CT molecular complexity index is 348. The third kappa shape index (κ3) is 4.37. The molecule has 20 heavy (non-hydrogen) atoms. The Balaban J connectivity index is 2.56. The van der Waals surface area contributed by atoms with Gasteiger partial charge in [-0.15, -0.1) is 0 Å². The van der Waals surface area contributed by atoms with Gasteiger partial charge in [0.15, 0.2) is 0 Å². The molecule has 1 fully saturated rings. The molecule has 6 heteroatoms. The molecule has 1 heterocycles. The fourth-order valence-corrected chi connectivity index (χ4v) is 2.15. The van der Waals surface area contributed by atoms with Gasteiger partial charge in [0.2, 0.25) is 0 Å². The van der Waals surface area contributed by atoms with E-state index in [1.165, 1.54) is 6.92 Å². The number of hydrogen-bond donors (Lipinski definition) is 2. The first-order valence-electron chi connectivity index (χ1n) is 7.35. The molecule has 0 aromatic heterocycles. The van der Waals surface area contributed by atoms with Gasteiger partial charge in [0.1, 0.15) is 5.54 Å². The lowest BCUT2D eigenvalue weighted by atomic mass is 9.99. The van der Waals surface area contributed by atoms with Crippen molar-refractivity contribution in [2.45, 2.75) is 58.1 Å². The molecule has 0 radical (unpaired) electrons. The lowest BCUT2D eigenvalue weighted by Gasteiger charge is -2.35. The second-order valence-corrected chi connectivity index (χ2v) is 5.50. The fourth-order valence-electron chi connectivity index (χ4n) is 2.15. The van der Waals surface area contributed by atoms with E-state index >= 15 is 0 Å². The highest BCUT2D eigenvalue weighted by molar-refractivity contribution is 5.85. The number of carbonyl (C=O) groups is 2. The molecule has 1 aliphatic rings. The molecule has 0 aromatic carbocycles. The first-order chi connectivity index (χ1) is 9.42. The van der Waals surface area contributed by atoms with Crippen molar-refractivity contribution in [3.8, 4) is 0 Å². The van der Waals surface area contributed by atoms with Crippen LogP contribution in [0.4, 0.5) is 4.79 Å². The summed E-state index contributed by atoms with van der Waals surface area (Å²) in [5.41, 5.74) is -1.21. The van der Waals surface area contributed by atoms with E-state index < -0.39 is 11.5 Å². The number of urea groups is 1. The summed E-state index contributed by atoms with van der Waals surface area (Å²) in [6.45, 7) is 7.21. The van der Waals surface area contributed by atoms with Crippen molar-refractivity contribution in [3.05, 3.63) is 0 Å². The molecule has 0 aliphatic carbocycles. The minimum Gasteiger partial charge on any atom is -0.480 e. The van der Waals surface area contributed by atoms with Crippen molar-refractivity contribution in [3.63, 3.8) is 0 Å². The molecule has 2 amide bonds. The largest absolute Gasteiger partial charge is 0.480 e. The summed E-state index contributed by atoms with van der Waals surface area (Å²) in [6.07, 6.45) is 3.20. The first-order valence-corrected chi connectivity index (χ1v) is 7.35. The van der Waals surface area contributed by atoms with Crippen LogP contribution in [0, 0.1) is 0 Å². The van der Waals surface area contributed by atoms with E-state index in [-0.39, 0.29) is 12.1 Å². The molecule has 1 aliphatic heterocycles. The Morgan fingerprint density at radius 3 is 2.70 bits per heavy atom. The Hall–Kier alpha value is -1.30. The fraction of sp³-hybridized carbons (Fsp3) is 0.857. The van der Waals surface area contributed by atoms with Crippen LogP contribution < -0.4 is 5.32 Å². The Labute approximate surface area is 120 Å². The second-order valence-electron chi connectivity index (χ2n) is 5.50. The summed E-state index contributed by atoms with van der Waals surface area (Å²) >= 11 is 0. The van der Waals surface area contributed by atoms with Crippen molar-refractivity contribution in [2.75, 3.05) is 19.7 Å². The Morgan fingerprint density at radius 2 is 2.15 bits per heavy atom. The number of hydrogen-bond acceptors (Lipinski definition) is 3. The van der Waals surface area contributed by atoms with Gasteiger partial charge in [-0.05, 0) is 32.6 Å². The highest BCUT2D eigenvalue weighted by Crippen LogP contribution is 2.16. The molecule has 2 atom stereocenters. The molecule has 0 bridgehead atoms. The lowest BCUT2D eigenvalue weighted by molar-refractivity contribution is -0.143. The smallest absolute Gasteiger partial charge is 0.329 e. The number of rotatable bonds is 6. The van der Waals surface area contributed by atoms with Crippen molar-refractivity contribution >= 4 is 12.0 Å². The normalized spacial score (nSPS) is 22.1. The number of nitrogens with one attached hydrogen (secondary N) is 1. The molecule has 2 N–H and O–H groups in total. The maximum Gasteiger partial charge on any atom is 0.329 e. The van der Waals surface area contributed by atoms with Gasteiger partial charge < -0.3 is 20.1 Å². The van der Waals surface area contributed by atoms with E-state index in [9.17, 15) is 14.7 Å². The van der Waals surface area contributed by atoms with Crippen LogP contribution in [0.15, 0.2) is 0 Å².